The minimum atomic E-state index is -0.0507. The molecule has 0 atom stereocenters. The van der Waals surface area contributed by atoms with Gasteiger partial charge in [0.2, 0.25) is 0 Å². The molecule has 1 aliphatic heterocycles. The van der Waals surface area contributed by atoms with Gasteiger partial charge in [-0.3, -0.25) is 14.4 Å². The zero-order valence-corrected chi connectivity index (χ0v) is 13.8. The van der Waals surface area contributed by atoms with E-state index >= 15 is 0 Å². The van der Waals surface area contributed by atoms with Crippen LogP contribution in [0.3, 0.4) is 0 Å². The Kier molecular flexibility index (Phi) is 5.97. The molecular formula is C16H27N3O3. The number of esters is 1. The van der Waals surface area contributed by atoms with Gasteiger partial charge in [0.1, 0.15) is 0 Å². The van der Waals surface area contributed by atoms with Crippen molar-refractivity contribution in [2.45, 2.75) is 46.7 Å². The Morgan fingerprint density at radius 1 is 1.36 bits per heavy atom. The van der Waals surface area contributed by atoms with Crippen LogP contribution in [-0.2, 0) is 22.6 Å². The summed E-state index contributed by atoms with van der Waals surface area (Å²) >= 11 is 0. The fourth-order valence-corrected chi connectivity index (χ4v) is 3.09. The monoisotopic (exact) mass is 309 g/mol. The summed E-state index contributed by atoms with van der Waals surface area (Å²) in [4.78, 5) is 14.1. The van der Waals surface area contributed by atoms with E-state index in [0.29, 0.717) is 13.2 Å². The van der Waals surface area contributed by atoms with Crippen LogP contribution >= 0.6 is 0 Å². The highest BCUT2D eigenvalue weighted by Gasteiger charge is 2.26. The van der Waals surface area contributed by atoms with Crippen LogP contribution in [0.5, 0.6) is 0 Å². The largest absolute Gasteiger partial charge is 0.466 e. The van der Waals surface area contributed by atoms with Crippen LogP contribution in [0.1, 0.15) is 36.7 Å². The van der Waals surface area contributed by atoms with E-state index in [1.165, 1.54) is 5.56 Å². The third-order valence-electron chi connectivity index (χ3n) is 4.43. The highest BCUT2D eigenvalue weighted by Crippen LogP contribution is 2.22. The Morgan fingerprint density at radius 2 is 2.05 bits per heavy atom. The van der Waals surface area contributed by atoms with E-state index < -0.39 is 0 Å². The number of hydrogen-bond acceptors (Lipinski definition) is 5. The van der Waals surface area contributed by atoms with Crippen LogP contribution in [-0.4, -0.2) is 52.1 Å². The molecule has 0 amide bonds. The number of ether oxygens (including phenoxy) is 1. The van der Waals surface area contributed by atoms with Crippen molar-refractivity contribution >= 4 is 5.97 Å². The summed E-state index contributed by atoms with van der Waals surface area (Å²) in [5, 5.41) is 13.6. The number of aliphatic hydroxyl groups excluding tert-OH is 1. The summed E-state index contributed by atoms with van der Waals surface area (Å²) in [6.45, 7) is 9.70. The first-order chi connectivity index (χ1) is 10.6. The lowest BCUT2D eigenvalue weighted by molar-refractivity contribution is -0.149. The highest BCUT2D eigenvalue weighted by molar-refractivity contribution is 5.72. The van der Waals surface area contributed by atoms with Gasteiger partial charge in [-0.2, -0.15) is 5.10 Å². The molecule has 1 aromatic heterocycles. The molecule has 1 N–H and O–H groups in total. The van der Waals surface area contributed by atoms with Crippen LogP contribution in [0, 0.1) is 19.8 Å². The maximum absolute atomic E-state index is 11.8. The van der Waals surface area contributed by atoms with Crippen LogP contribution in [0.2, 0.25) is 0 Å². The van der Waals surface area contributed by atoms with Crippen LogP contribution in [0.15, 0.2) is 0 Å². The summed E-state index contributed by atoms with van der Waals surface area (Å²) in [6, 6.07) is 0. The zero-order chi connectivity index (χ0) is 16.1. The first kappa shape index (κ1) is 17.0. The number of hydrogen-bond donors (Lipinski definition) is 1. The second-order valence-corrected chi connectivity index (χ2v) is 5.90. The molecule has 0 saturated carbocycles. The van der Waals surface area contributed by atoms with Crippen LogP contribution in [0.4, 0.5) is 0 Å². The molecule has 6 nitrogen and oxygen atoms in total. The van der Waals surface area contributed by atoms with Gasteiger partial charge in [0.05, 0.1) is 31.4 Å². The molecule has 0 aromatic carbocycles. The summed E-state index contributed by atoms with van der Waals surface area (Å²) in [5.41, 5.74) is 3.39. The Hall–Kier alpha value is -1.40. The van der Waals surface area contributed by atoms with Crippen molar-refractivity contribution in [3.05, 3.63) is 17.0 Å². The van der Waals surface area contributed by atoms with Crippen LogP contribution < -0.4 is 0 Å². The molecule has 2 heterocycles. The van der Waals surface area contributed by atoms with Crippen molar-refractivity contribution in [2.75, 3.05) is 26.3 Å². The van der Waals surface area contributed by atoms with Gasteiger partial charge >= 0.3 is 5.97 Å². The van der Waals surface area contributed by atoms with Crippen molar-refractivity contribution in [3.8, 4) is 0 Å². The lowest BCUT2D eigenvalue weighted by Crippen LogP contribution is -2.36. The fourth-order valence-electron chi connectivity index (χ4n) is 3.09. The Labute approximate surface area is 132 Å². The van der Waals surface area contributed by atoms with Gasteiger partial charge < -0.3 is 9.84 Å². The average Bonchev–Trinajstić information content (AvgIpc) is 2.76. The third-order valence-corrected chi connectivity index (χ3v) is 4.43. The molecule has 0 spiro atoms. The number of likely N-dealkylation sites (tertiary alicyclic amines) is 1. The number of nitrogens with zero attached hydrogens (tertiary/aromatic N) is 3. The van der Waals surface area contributed by atoms with E-state index in [4.69, 9.17) is 9.84 Å². The SMILES string of the molecule is CCOC(=O)C1CCN(Cc2c(C)nn(CCO)c2C)CC1. The van der Waals surface area contributed by atoms with E-state index in [2.05, 4.69) is 16.9 Å². The predicted octanol–water partition coefficient (Wildman–Crippen LogP) is 1.27. The molecular weight excluding hydrogens is 282 g/mol. The number of aryl methyl sites for hydroxylation is 1. The van der Waals surface area contributed by atoms with Crippen molar-refractivity contribution < 1.29 is 14.6 Å². The predicted molar refractivity (Wildman–Crippen MR) is 83.4 cm³/mol. The topological polar surface area (TPSA) is 67.6 Å². The van der Waals surface area contributed by atoms with Gasteiger partial charge in [-0.25, -0.2) is 0 Å². The van der Waals surface area contributed by atoms with Gasteiger partial charge in [0, 0.05) is 17.8 Å². The quantitative estimate of drug-likeness (QED) is 0.802. The molecule has 1 aromatic rings. The molecule has 0 aliphatic carbocycles. The Bertz CT molecular complexity index is 505. The number of carbonyl (C=O) groups excluding carboxylic acids is 1. The Morgan fingerprint density at radius 3 is 2.64 bits per heavy atom. The first-order valence-electron chi connectivity index (χ1n) is 8.09. The van der Waals surface area contributed by atoms with Gasteiger partial charge in [-0.1, -0.05) is 0 Å². The first-order valence-corrected chi connectivity index (χ1v) is 8.09. The molecule has 1 aliphatic rings. The molecule has 1 saturated heterocycles. The second-order valence-electron chi connectivity index (χ2n) is 5.90. The number of aromatic nitrogens is 2. The molecule has 6 heteroatoms. The third kappa shape index (κ3) is 3.87. The van der Waals surface area contributed by atoms with Gasteiger partial charge in [0.15, 0.2) is 0 Å². The molecule has 0 radical (unpaired) electrons. The van der Waals surface area contributed by atoms with E-state index in [1.54, 1.807) is 0 Å². The van der Waals surface area contributed by atoms with Crippen molar-refractivity contribution in [3.63, 3.8) is 0 Å². The highest BCUT2D eigenvalue weighted by atomic mass is 16.5. The molecule has 22 heavy (non-hydrogen) atoms. The summed E-state index contributed by atoms with van der Waals surface area (Å²) in [7, 11) is 0. The molecule has 2 rings (SSSR count). The fraction of sp³-hybridized carbons (Fsp3) is 0.750. The smallest absolute Gasteiger partial charge is 0.309 e. The lowest BCUT2D eigenvalue weighted by atomic mass is 9.96. The minimum absolute atomic E-state index is 0.0507. The normalized spacial score (nSPS) is 16.9. The van der Waals surface area contributed by atoms with Gasteiger partial charge in [-0.15, -0.1) is 0 Å². The Balaban J connectivity index is 1.92. The van der Waals surface area contributed by atoms with Crippen molar-refractivity contribution in [1.82, 2.24) is 14.7 Å². The van der Waals surface area contributed by atoms with E-state index in [1.807, 2.05) is 18.5 Å². The number of rotatable bonds is 6. The number of piperidine rings is 1. The molecule has 0 unspecified atom stereocenters. The van der Waals surface area contributed by atoms with E-state index in [9.17, 15) is 4.79 Å². The van der Waals surface area contributed by atoms with Crippen LogP contribution in [0.25, 0.3) is 0 Å². The number of aliphatic hydroxyl groups is 1. The maximum Gasteiger partial charge on any atom is 0.309 e. The summed E-state index contributed by atoms with van der Waals surface area (Å²) in [6.07, 6.45) is 1.73. The standard InChI is InChI=1S/C16H27N3O3/c1-4-22-16(21)14-5-7-18(8-6-14)11-15-12(2)17-19(9-10-20)13(15)3/h14,20H,4-11H2,1-3H3. The minimum Gasteiger partial charge on any atom is -0.466 e. The zero-order valence-electron chi connectivity index (χ0n) is 13.8. The van der Waals surface area contributed by atoms with E-state index in [-0.39, 0.29) is 18.5 Å². The molecule has 1 fully saturated rings. The van der Waals surface area contributed by atoms with Crippen molar-refractivity contribution in [2.24, 2.45) is 5.92 Å². The maximum atomic E-state index is 11.8. The summed E-state index contributed by atoms with van der Waals surface area (Å²) < 4.78 is 6.98. The van der Waals surface area contributed by atoms with Gasteiger partial charge in [-0.05, 0) is 46.7 Å². The van der Waals surface area contributed by atoms with Gasteiger partial charge in [0.25, 0.3) is 0 Å². The lowest BCUT2D eigenvalue weighted by Gasteiger charge is -2.30. The van der Waals surface area contributed by atoms with E-state index in [0.717, 1.165) is 43.9 Å². The molecule has 124 valence electrons. The average molecular weight is 309 g/mol. The second kappa shape index (κ2) is 7.74. The summed E-state index contributed by atoms with van der Waals surface area (Å²) in [5.74, 6) is 0.000725. The molecule has 0 bridgehead atoms. The van der Waals surface area contributed by atoms with Crippen molar-refractivity contribution in [1.29, 1.82) is 0 Å². The number of carbonyl (C=O) groups is 1.